The topological polar surface area (TPSA) is 41.3 Å². The molecule has 0 atom stereocenters. The lowest BCUT2D eigenvalue weighted by atomic mass is 10.0. The van der Waals surface area contributed by atoms with Gasteiger partial charge in [0.05, 0.1) is 11.4 Å². The Hall–Kier alpha value is -1.65. The van der Waals surface area contributed by atoms with Crippen molar-refractivity contribution in [3.05, 3.63) is 48.3 Å². The molecular formula is C14H17N3O. The van der Waals surface area contributed by atoms with Gasteiger partial charge in [-0.15, -0.1) is 0 Å². The van der Waals surface area contributed by atoms with Crippen LogP contribution in [0.2, 0.25) is 0 Å². The predicted octanol–water partition coefficient (Wildman–Crippen LogP) is 1.30. The van der Waals surface area contributed by atoms with Crippen molar-refractivity contribution in [2.24, 2.45) is 5.92 Å². The molecule has 3 rings (SSSR count). The molecule has 0 saturated carbocycles. The van der Waals surface area contributed by atoms with Crippen LogP contribution < -0.4 is 0 Å². The van der Waals surface area contributed by atoms with Gasteiger partial charge in [0.15, 0.2) is 0 Å². The Bertz CT molecular complexity index is 503. The van der Waals surface area contributed by atoms with Crippen LogP contribution in [0.4, 0.5) is 0 Å². The third-order valence-corrected chi connectivity index (χ3v) is 3.34. The number of aliphatic hydroxyl groups excluding tert-OH is 1. The quantitative estimate of drug-likeness (QED) is 0.880. The highest BCUT2D eigenvalue weighted by molar-refractivity contribution is 5.30. The van der Waals surface area contributed by atoms with Crippen LogP contribution in [0.15, 0.2) is 42.6 Å². The van der Waals surface area contributed by atoms with Crippen molar-refractivity contribution < 1.29 is 5.11 Å². The first-order valence-electron chi connectivity index (χ1n) is 6.28. The molecule has 2 heterocycles. The van der Waals surface area contributed by atoms with Crippen molar-refractivity contribution in [3.8, 4) is 5.69 Å². The fourth-order valence-electron chi connectivity index (χ4n) is 2.32. The van der Waals surface area contributed by atoms with E-state index in [1.54, 1.807) is 0 Å². The van der Waals surface area contributed by atoms with E-state index in [9.17, 15) is 0 Å². The average Bonchev–Trinajstić information content (AvgIpc) is 2.83. The van der Waals surface area contributed by atoms with Gasteiger partial charge in [-0.1, -0.05) is 18.2 Å². The molecule has 0 aliphatic carbocycles. The summed E-state index contributed by atoms with van der Waals surface area (Å²) in [6.45, 7) is 3.13. The number of nitrogens with zero attached hydrogens (tertiary/aromatic N) is 3. The first-order chi connectivity index (χ1) is 8.85. The molecule has 94 valence electrons. The molecule has 0 radical (unpaired) electrons. The zero-order valence-electron chi connectivity index (χ0n) is 10.2. The third kappa shape index (κ3) is 2.30. The van der Waals surface area contributed by atoms with Crippen LogP contribution in [0.1, 0.15) is 5.69 Å². The number of hydrogen-bond acceptors (Lipinski definition) is 3. The Balaban J connectivity index is 1.64. The number of rotatable bonds is 4. The van der Waals surface area contributed by atoms with Crippen molar-refractivity contribution in [1.29, 1.82) is 0 Å². The number of likely N-dealkylation sites (tertiary alicyclic amines) is 1. The van der Waals surface area contributed by atoms with Crippen LogP contribution in [-0.2, 0) is 6.54 Å². The van der Waals surface area contributed by atoms with Gasteiger partial charge in [0, 0.05) is 38.4 Å². The summed E-state index contributed by atoms with van der Waals surface area (Å²) in [7, 11) is 0. The monoisotopic (exact) mass is 243 g/mol. The summed E-state index contributed by atoms with van der Waals surface area (Å²) >= 11 is 0. The van der Waals surface area contributed by atoms with Gasteiger partial charge >= 0.3 is 0 Å². The largest absolute Gasteiger partial charge is 0.396 e. The van der Waals surface area contributed by atoms with Crippen LogP contribution in [-0.4, -0.2) is 39.5 Å². The van der Waals surface area contributed by atoms with Crippen molar-refractivity contribution in [3.63, 3.8) is 0 Å². The molecule has 18 heavy (non-hydrogen) atoms. The van der Waals surface area contributed by atoms with Crippen LogP contribution in [0, 0.1) is 5.92 Å². The smallest absolute Gasteiger partial charge is 0.0769 e. The average molecular weight is 243 g/mol. The molecule has 1 fully saturated rings. The second-order valence-corrected chi connectivity index (χ2v) is 4.83. The van der Waals surface area contributed by atoms with Gasteiger partial charge < -0.3 is 5.11 Å². The molecule has 0 unspecified atom stereocenters. The summed E-state index contributed by atoms with van der Waals surface area (Å²) in [6, 6.07) is 12.2. The van der Waals surface area contributed by atoms with E-state index in [1.807, 2.05) is 41.2 Å². The minimum atomic E-state index is 0.301. The minimum Gasteiger partial charge on any atom is -0.396 e. The fourth-order valence-corrected chi connectivity index (χ4v) is 2.32. The van der Waals surface area contributed by atoms with E-state index in [0.717, 1.165) is 31.0 Å². The molecule has 0 spiro atoms. The van der Waals surface area contributed by atoms with E-state index in [0.29, 0.717) is 12.5 Å². The highest BCUT2D eigenvalue weighted by Gasteiger charge is 2.26. The summed E-state index contributed by atoms with van der Waals surface area (Å²) in [5.74, 6) is 0.459. The normalized spacial score (nSPS) is 16.7. The van der Waals surface area contributed by atoms with Gasteiger partial charge in [-0.3, -0.25) is 4.90 Å². The Kier molecular flexibility index (Phi) is 3.13. The van der Waals surface area contributed by atoms with Gasteiger partial charge in [-0.05, 0) is 18.2 Å². The second-order valence-electron chi connectivity index (χ2n) is 4.83. The second kappa shape index (κ2) is 4.92. The SMILES string of the molecule is OCC1CN(Cc2ccn(-c3ccccc3)n2)C1. The summed E-state index contributed by atoms with van der Waals surface area (Å²) in [5, 5.41) is 13.5. The molecule has 1 aromatic heterocycles. The zero-order valence-corrected chi connectivity index (χ0v) is 10.2. The van der Waals surface area contributed by atoms with Crippen molar-refractivity contribution >= 4 is 0 Å². The van der Waals surface area contributed by atoms with Crippen LogP contribution in [0.3, 0.4) is 0 Å². The first kappa shape index (κ1) is 11.4. The van der Waals surface area contributed by atoms with E-state index in [-0.39, 0.29) is 0 Å². The fraction of sp³-hybridized carbons (Fsp3) is 0.357. The van der Waals surface area contributed by atoms with Crippen LogP contribution in [0.25, 0.3) is 5.69 Å². The molecule has 1 aromatic carbocycles. The molecule has 0 amide bonds. The lowest BCUT2D eigenvalue weighted by molar-refractivity contribution is 0.0469. The Morgan fingerprint density at radius 2 is 1.94 bits per heavy atom. The van der Waals surface area contributed by atoms with E-state index in [1.165, 1.54) is 0 Å². The van der Waals surface area contributed by atoms with Gasteiger partial charge in [0.2, 0.25) is 0 Å². The molecule has 1 aliphatic heterocycles. The van der Waals surface area contributed by atoms with Crippen molar-refractivity contribution in [2.75, 3.05) is 19.7 Å². The summed E-state index contributed by atoms with van der Waals surface area (Å²) in [4.78, 5) is 2.30. The van der Waals surface area contributed by atoms with Gasteiger partial charge in [-0.25, -0.2) is 4.68 Å². The molecule has 4 heteroatoms. The maximum Gasteiger partial charge on any atom is 0.0769 e. The standard InChI is InChI=1S/C14H17N3O/c18-11-12-8-16(9-12)10-13-6-7-17(15-13)14-4-2-1-3-5-14/h1-7,12,18H,8-11H2. The van der Waals surface area contributed by atoms with E-state index >= 15 is 0 Å². The van der Waals surface area contributed by atoms with Crippen molar-refractivity contribution in [2.45, 2.75) is 6.54 Å². The van der Waals surface area contributed by atoms with Crippen LogP contribution >= 0.6 is 0 Å². The van der Waals surface area contributed by atoms with E-state index < -0.39 is 0 Å². The summed E-state index contributed by atoms with van der Waals surface area (Å²) in [5.41, 5.74) is 2.16. The lowest BCUT2D eigenvalue weighted by Gasteiger charge is -2.37. The zero-order chi connectivity index (χ0) is 12.4. The van der Waals surface area contributed by atoms with Gasteiger partial charge in [0.25, 0.3) is 0 Å². The maximum absolute atomic E-state index is 8.98. The van der Waals surface area contributed by atoms with E-state index in [2.05, 4.69) is 16.1 Å². The van der Waals surface area contributed by atoms with Crippen molar-refractivity contribution in [1.82, 2.24) is 14.7 Å². The summed E-state index contributed by atoms with van der Waals surface area (Å²) in [6.07, 6.45) is 1.99. The molecule has 2 aromatic rings. The third-order valence-electron chi connectivity index (χ3n) is 3.34. The molecule has 4 nitrogen and oxygen atoms in total. The number of benzene rings is 1. The predicted molar refractivity (Wildman–Crippen MR) is 69.4 cm³/mol. The number of hydrogen-bond donors (Lipinski definition) is 1. The van der Waals surface area contributed by atoms with Gasteiger partial charge in [-0.2, -0.15) is 5.10 Å². The summed E-state index contributed by atoms with van der Waals surface area (Å²) < 4.78 is 1.90. The lowest BCUT2D eigenvalue weighted by Crippen LogP contribution is -2.47. The molecule has 1 aliphatic rings. The van der Waals surface area contributed by atoms with E-state index in [4.69, 9.17) is 5.11 Å². The first-order valence-corrected chi connectivity index (χ1v) is 6.28. The Labute approximate surface area is 106 Å². The highest BCUT2D eigenvalue weighted by Crippen LogP contribution is 2.17. The number of aliphatic hydroxyl groups is 1. The molecular weight excluding hydrogens is 226 g/mol. The van der Waals surface area contributed by atoms with Gasteiger partial charge in [0.1, 0.15) is 0 Å². The highest BCUT2D eigenvalue weighted by atomic mass is 16.3. The number of aromatic nitrogens is 2. The molecule has 1 saturated heterocycles. The molecule has 0 bridgehead atoms. The minimum absolute atomic E-state index is 0.301. The Morgan fingerprint density at radius 1 is 1.17 bits per heavy atom. The Morgan fingerprint density at radius 3 is 2.67 bits per heavy atom. The maximum atomic E-state index is 8.98. The van der Waals surface area contributed by atoms with Crippen LogP contribution in [0.5, 0.6) is 0 Å². The molecule has 1 N–H and O–H groups in total. The number of para-hydroxylation sites is 1.